The predicted octanol–water partition coefficient (Wildman–Crippen LogP) is 2.70. The van der Waals surface area contributed by atoms with Crippen LogP contribution in [0.2, 0.25) is 0 Å². The Morgan fingerprint density at radius 3 is 2.67 bits per heavy atom. The highest BCUT2D eigenvalue weighted by Crippen LogP contribution is 2.38. The van der Waals surface area contributed by atoms with Crippen molar-refractivity contribution in [1.82, 2.24) is 5.32 Å². The molecule has 1 aliphatic heterocycles. The number of para-hydroxylation sites is 1. The number of benzene rings is 1. The maximum Gasteiger partial charge on any atom is 0.306 e. The summed E-state index contributed by atoms with van der Waals surface area (Å²) in [7, 11) is 0. The summed E-state index contributed by atoms with van der Waals surface area (Å²) in [6, 6.07) is 8.01. The monoisotopic (exact) mass is 377 g/mol. The second kappa shape index (κ2) is 10.1. The van der Waals surface area contributed by atoms with Crippen molar-refractivity contribution < 1.29 is 24.5 Å². The zero-order valence-electron chi connectivity index (χ0n) is 15.8. The number of hydrogen-bond donors (Lipinski definition) is 3. The van der Waals surface area contributed by atoms with Crippen molar-refractivity contribution in [3.8, 4) is 5.75 Å². The number of hydrogen-bond acceptors (Lipinski definition) is 5. The third-order valence-electron chi connectivity index (χ3n) is 5.67. The molecule has 2 atom stereocenters. The Labute approximate surface area is 160 Å². The molecule has 0 spiro atoms. The van der Waals surface area contributed by atoms with Crippen molar-refractivity contribution in [3.05, 3.63) is 29.8 Å². The van der Waals surface area contributed by atoms with Crippen LogP contribution >= 0.6 is 0 Å². The minimum absolute atomic E-state index is 0.00989. The van der Waals surface area contributed by atoms with Gasteiger partial charge in [-0.25, -0.2) is 0 Å². The van der Waals surface area contributed by atoms with Gasteiger partial charge in [-0.15, -0.1) is 0 Å². The summed E-state index contributed by atoms with van der Waals surface area (Å²) in [5, 5.41) is 22.2. The molecule has 1 saturated carbocycles. The first-order valence-electron chi connectivity index (χ1n) is 10.1. The Balaban J connectivity index is 1.46. The molecule has 3 N–H and O–H groups in total. The van der Waals surface area contributed by atoms with E-state index in [2.05, 4.69) is 11.4 Å². The first kappa shape index (κ1) is 20.1. The first-order valence-corrected chi connectivity index (χ1v) is 10.1. The minimum Gasteiger partial charge on any atom is -0.493 e. The Bertz CT molecular complexity index is 600. The third kappa shape index (κ3) is 5.92. The summed E-state index contributed by atoms with van der Waals surface area (Å²) in [5.74, 6) is 0.379. The molecule has 0 amide bonds. The fourth-order valence-corrected chi connectivity index (χ4v) is 4.08. The highest BCUT2D eigenvalue weighted by atomic mass is 16.5. The molecule has 1 saturated heterocycles. The number of carbonyl (C=O) groups is 1. The van der Waals surface area contributed by atoms with Crippen molar-refractivity contribution >= 4 is 5.97 Å². The van der Waals surface area contributed by atoms with Gasteiger partial charge >= 0.3 is 5.97 Å². The molecule has 1 aliphatic carbocycles. The lowest BCUT2D eigenvalue weighted by atomic mass is 9.82. The predicted molar refractivity (Wildman–Crippen MR) is 102 cm³/mol. The summed E-state index contributed by atoms with van der Waals surface area (Å²) >= 11 is 0. The maximum atomic E-state index is 10.7. The average Bonchev–Trinajstić information content (AvgIpc) is 2.68. The van der Waals surface area contributed by atoms with Crippen molar-refractivity contribution in [2.75, 3.05) is 19.8 Å². The molecule has 1 heterocycles. The standard InChI is InChI=1S/C21H31NO5/c23-19-5-3-12-22-18(19)14-27-16-9-7-15(8-10-16)17-4-1-2-6-20(17)26-13-11-21(24)25/h1-2,4,6,15-16,18-19,22-23H,3,5,7-14H2,(H,24,25). The summed E-state index contributed by atoms with van der Waals surface area (Å²) in [5.41, 5.74) is 1.17. The van der Waals surface area contributed by atoms with Crippen LogP contribution < -0.4 is 10.1 Å². The average molecular weight is 377 g/mol. The smallest absolute Gasteiger partial charge is 0.306 e. The van der Waals surface area contributed by atoms with Gasteiger partial charge in [-0.1, -0.05) is 18.2 Å². The van der Waals surface area contributed by atoms with E-state index in [0.717, 1.165) is 50.8 Å². The lowest BCUT2D eigenvalue weighted by Gasteiger charge is -2.33. The number of aliphatic hydroxyl groups is 1. The molecule has 1 aromatic carbocycles. The van der Waals surface area contributed by atoms with E-state index in [9.17, 15) is 9.90 Å². The van der Waals surface area contributed by atoms with Gasteiger partial charge in [-0.3, -0.25) is 4.79 Å². The van der Waals surface area contributed by atoms with Crippen LogP contribution in [0.3, 0.4) is 0 Å². The number of nitrogens with one attached hydrogen (secondary N) is 1. The van der Waals surface area contributed by atoms with Crippen molar-refractivity contribution in [2.45, 2.75) is 69.1 Å². The number of rotatable bonds is 8. The van der Waals surface area contributed by atoms with Crippen LogP contribution in [0.4, 0.5) is 0 Å². The summed E-state index contributed by atoms with van der Waals surface area (Å²) < 4.78 is 11.8. The number of carboxylic acids is 1. The van der Waals surface area contributed by atoms with Gasteiger partial charge in [0.05, 0.1) is 37.9 Å². The van der Waals surface area contributed by atoms with E-state index in [1.54, 1.807) is 0 Å². The molecule has 1 aromatic rings. The topological polar surface area (TPSA) is 88.0 Å². The lowest BCUT2D eigenvalue weighted by molar-refractivity contribution is -0.137. The Morgan fingerprint density at radius 1 is 1.15 bits per heavy atom. The molecular formula is C21H31NO5. The molecule has 0 radical (unpaired) electrons. The highest BCUT2D eigenvalue weighted by molar-refractivity contribution is 5.66. The third-order valence-corrected chi connectivity index (χ3v) is 5.67. The van der Waals surface area contributed by atoms with Crippen LogP contribution in [0, 0.1) is 0 Å². The molecule has 3 rings (SSSR count). The van der Waals surface area contributed by atoms with Gasteiger partial charge in [0.25, 0.3) is 0 Å². The van der Waals surface area contributed by atoms with Gasteiger partial charge in [-0.2, -0.15) is 0 Å². The van der Waals surface area contributed by atoms with Crippen LogP contribution in [0.1, 0.15) is 56.4 Å². The molecule has 2 aliphatic rings. The molecular weight excluding hydrogens is 346 g/mol. The molecule has 2 fully saturated rings. The molecule has 27 heavy (non-hydrogen) atoms. The number of aliphatic hydroxyl groups excluding tert-OH is 1. The number of piperidine rings is 1. The fourth-order valence-electron chi connectivity index (χ4n) is 4.08. The van der Waals surface area contributed by atoms with Gasteiger partial charge in [0, 0.05) is 0 Å². The van der Waals surface area contributed by atoms with E-state index in [4.69, 9.17) is 14.6 Å². The van der Waals surface area contributed by atoms with Gasteiger partial charge in [0.1, 0.15) is 5.75 Å². The van der Waals surface area contributed by atoms with Crippen LogP contribution in [0.15, 0.2) is 24.3 Å². The van der Waals surface area contributed by atoms with E-state index < -0.39 is 5.97 Å². The van der Waals surface area contributed by atoms with Crippen molar-refractivity contribution in [3.63, 3.8) is 0 Å². The molecule has 0 bridgehead atoms. The van der Waals surface area contributed by atoms with Crippen LogP contribution in [0.5, 0.6) is 5.75 Å². The van der Waals surface area contributed by atoms with Crippen LogP contribution in [-0.4, -0.2) is 54.2 Å². The van der Waals surface area contributed by atoms with E-state index in [-0.39, 0.29) is 31.3 Å². The zero-order chi connectivity index (χ0) is 19.1. The Morgan fingerprint density at radius 2 is 1.93 bits per heavy atom. The second-order valence-electron chi connectivity index (χ2n) is 7.61. The number of ether oxygens (including phenoxy) is 2. The van der Waals surface area contributed by atoms with E-state index in [0.29, 0.717) is 12.5 Å². The van der Waals surface area contributed by atoms with Crippen LogP contribution in [0.25, 0.3) is 0 Å². The van der Waals surface area contributed by atoms with E-state index in [1.165, 1.54) is 5.56 Å². The highest BCUT2D eigenvalue weighted by Gasteiger charge is 2.27. The Hall–Kier alpha value is -1.63. The number of carboxylic acid groups (broad SMARTS) is 1. The normalized spacial score (nSPS) is 28.6. The fraction of sp³-hybridized carbons (Fsp3) is 0.667. The molecule has 6 heteroatoms. The molecule has 2 unspecified atom stereocenters. The minimum atomic E-state index is -0.845. The maximum absolute atomic E-state index is 10.7. The van der Waals surface area contributed by atoms with Gasteiger partial charge in [-0.05, 0) is 62.6 Å². The molecule has 0 aromatic heterocycles. The number of aliphatic carboxylic acids is 1. The molecule has 150 valence electrons. The quantitative estimate of drug-likeness (QED) is 0.646. The summed E-state index contributed by atoms with van der Waals surface area (Å²) in [6.45, 7) is 1.73. The summed E-state index contributed by atoms with van der Waals surface area (Å²) in [4.78, 5) is 10.7. The van der Waals surface area contributed by atoms with Crippen molar-refractivity contribution in [1.29, 1.82) is 0 Å². The first-order chi connectivity index (χ1) is 13.1. The lowest BCUT2D eigenvalue weighted by Crippen LogP contribution is -2.48. The largest absolute Gasteiger partial charge is 0.493 e. The molecule has 6 nitrogen and oxygen atoms in total. The Kier molecular flexibility index (Phi) is 7.50. The van der Waals surface area contributed by atoms with E-state index in [1.807, 2.05) is 18.2 Å². The second-order valence-corrected chi connectivity index (χ2v) is 7.61. The SMILES string of the molecule is O=C(O)CCOc1ccccc1C1CCC(OCC2NCCCC2O)CC1. The van der Waals surface area contributed by atoms with E-state index >= 15 is 0 Å². The van der Waals surface area contributed by atoms with Crippen LogP contribution in [-0.2, 0) is 9.53 Å². The van der Waals surface area contributed by atoms with Gasteiger partial charge < -0.3 is 25.0 Å². The van der Waals surface area contributed by atoms with Gasteiger partial charge in [0.2, 0.25) is 0 Å². The summed E-state index contributed by atoms with van der Waals surface area (Å²) in [6.07, 6.45) is 5.89. The zero-order valence-corrected chi connectivity index (χ0v) is 15.8. The van der Waals surface area contributed by atoms with Gasteiger partial charge in [0.15, 0.2) is 0 Å². The van der Waals surface area contributed by atoms with Crippen molar-refractivity contribution in [2.24, 2.45) is 0 Å².